The van der Waals surface area contributed by atoms with Crippen LogP contribution in [0.3, 0.4) is 0 Å². The Morgan fingerprint density at radius 1 is 1.07 bits per heavy atom. The highest BCUT2D eigenvalue weighted by Gasteiger charge is 2.25. The average molecular weight is 410 g/mol. The molecule has 3 aromatic rings. The number of nitrogens with one attached hydrogen (secondary N) is 2. The number of imidazole rings is 1. The number of fused-ring (bicyclic) bond motifs is 2. The van der Waals surface area contributed by atoms with Crippen molar-refractivity contribution >= 4 is 34.1 Å². The molecule has 1 fully saturated rings. The van der Waals surface area contributed by atoms with Gasteiger partial charge in [0.1, 0.15) is 13.2 Å². The third-order valence-electron chi connectivity index (χ3n) is 5.53. The molecule has 0 unspecified atom stereocenters. The van der Waals surface area contributed by atoms with Crippen LogP contribution in [0.4, 0.5) is 5.69 Å². The number of thiocarbonyl (C=S) groups is 1. The number of aromatic amines is 1. The Bertz CT molecular complexity index is 1110. The number of aromatic nitrogens is 2. The quantitative estimate of drug-likeness (QED) is 0.633. The molecule has 0 spiro atoms. The zero-order valence-electron chi connectivity index (χ0n) is 15.9. The van der Waals surface area contributed by atoms with Crippen LogP contribution in [0.25, 0.3) is 11.0 Å². The third kappa shape index (κ3) is 3.44. The molecule has 29 heavy (non-hydrogen) atoms. The zero-order chi connectivity index (χ0) is 19.8. The summed E-state index contributed by atoms with van der Waals surface area (Å²) in [7, 11) is 0. The largest absolute Gasteiger partial charge is 0.486 e. The molecule has 3 heterocycles. The molecular weight excluding hydrogens is 388 g/mol. The number of piperidine rings is 1. The van der Waals surface area contributed by atoms with Gasteiger partial charge in [-0.3, -0.25) is 4.57 Å². The molecule has 1 saturated heterocycles. The summed E-state index contributed by atoms with van der Waals surface area (Å²) in [6, 6.07) is 13.8. The number of hydrogen-bond acceptors (Lipinski definition) is 4. The Hall–Kier alpha value is -3.00. The van der Waals surface area contributed by atoms with Gasteiger partial charge in [0.2, 0.25) is 0 Å². The van der Waals surface area contributed by atoms with Gasteiger partial charge in [-0.05, 0) is 49.3 Å². The van der Waals surface area contributed by atoms with Crippen LogP contribution in [0, 0.1) is 0 Å². The van der Waals surface area contributed by atoms with Crippen LogP contribution in [-0.4, -0.2) is 45.9 Å². The Balaban J connectivity index is 1.25. The summed E-state index contributed by atoms with van der Waals surface area (Å²) >= 11 is 5.62. The first-order chi connectivity index (χ1) is 14.2. The lowest BCUT2D eigenvalue weighted by atomic mass is 10.0. The van der Waals surface area contributed by atoms with Crippen LogP contribution < -0.4 is 20.5 Å². The second-order valence-electron chi connectivity index (χ2n) is 7.32. The van der Waals surface area contributed by atoms with E-state index in [0.29, 0.717) is 18.3 Å². The van der Waals surface area contributed by atoms with E-state index >= 15 is 0 Å². The van der Waals surface area contributed by atoms with Gasteiger partial charge in [-0.25, -0.2) is 4.79 Å². The van der Waals surface area contributed by atoms with Gasteiger partial charge in [0, 0.05) is 30.9 Å². The second kappa shape index (κ2) is 7.44. The van der Waals surface area contributed by atoms with Crippen LogP contribution in [0.15, 0.2) is 47.3 Å². The number of rotatable bonds is 2. The molecule has 2 aliphatic rings. The molecule has 2 aliphatic heterocycles. The van der Waals surface area contributed by atoms with Crippen molar-refractivity contribution in [1.29, 1.82) is 0 Å². The lowest BCUT2D eigenvalue weighted by Crippen LogP contribution is -2.42. The van der Waals surface area contributed by atoms with E-state index < -0.39 is 0 Å². The predicted octanol–water partition coefficient (Wildman–Crippen LogP) is 3.13. The van der Waals surface area contributed by atoms with Crippen molar-refractivity contribution in [2.45, 2.75) is 18.9 Å². The fraction of sp³-hybridized carbons (Fsp3) is 0.333. The van der Waals surface area contributed by atoms with Crippen molar-refractivity contribution < 1.29 is 9.47 Å². The van der Waals surface area contributed by atoms with Crippen LogP contribution >= 0.6 is 12.2 Å². The molecule has 0 amide bonds. The number of anilines is 1. The van der Waals surface area contributed by atoms with E-state index in [1.165, 1.54) is 0 Å². The van der Waals surface area contributed by atoms with E-state index in [-0.39, 0.29) is 11.7 Å². The molecule has 2 N–H and O–H groups in total. The fourth-order valence-corrected chi connectivity index (χ4v) is 4.39. The molecule has 8 heteroatoms. The maximum Gasteiger partial charge on any atom is 0.326 e. The molecule has 1 aromatic heterocycles. The maximum absolute atomic E-state index is 12.4. The van der Waals surface area contributed by atoms with Gasteiger partial charge in [0.15, 0.2) is 16.6 Å². The Labute approximate surface area is 173 Å². The first-order valence-electron chi connectivity index (χ1n) is 9.84. The highest BCUT2D eigenvalue weighted by molar-refractivity contribution is 7.80. The first kappa shape index (κ1) is 18.1. The molecule has 5 rings (SSSR count). The monoisotopic (exact) mass is 410 g/mol. The normalized spacial score (nSPS) is 16.8. The Morgan fingerprint density at radius 3 is 2.66 bits per heavy atom. The predicted molar refractivity (Wildman–Crippen MR) is 116 cm³/mol. The fourth-order valence-electron chi connectivity index (χ4n) is 4.09. The van der Waals surface area contributed by atoms with E-state index in [1.807, 2.05) is 47.0 Å². The highest BCUT2D eigenvalue weighted by atomic mass is 32.1. The number of nitrogens with zero attached hydrogens (tertiary/aromatic N) is 2. The number of benzene rings is 2. The van der Waals surface area contributed by atoms with Crippen molar-refractivity contribution in [3.63, 3.8) is 0 Å². The topological polar surface area (TPSA) is 71.5 Å². The van der Waals surface area contributed by atoms with Crippen LogP contribution in [0.1, 0.15) is 18.9 Å². The van der Waals surface area contributed by atoms with E-state index in [1.54, 1.807) is 0 Å². The zero-order valence-corrected chi connectivity index (χ0v) is 16.7. The van der Waals surface area contributed by atoms with E-state index in [4.69, 9.17) is 21.7 Å². The number of hydrogen-bond donors (Lipinski definition) is 2. The van der Waals surface area contributed by atoms with Gasteiger partial charge in [-0.1, -0.05) is 12.1 Å². The van der Waals surface area contributed by atoms with Gasteiger partial charge < -0.3 is 24.7 Å². The number of ether oxygens (including phenoxy) is 2. The van der Waals surface area contributed by atoms with Crippen molar-refractivity contribution in [1.82, 2.24) is 14.5 Å². The molecule has 2 aromatic carbocycles. The standard InChI is InChI=1S/C21H22N4O3S/c26-20-23-16-3-1-2-4-17(16)25(20)15-7-9-24(10-8-15)21(29)22-14-5-6-18-19(13-14)28-12-11-27-18/h1-6,13,15H,7-12H2,(H,22,29)(H,23,26). The molecule has 0 bridgehead atoms. The number of likely N-dealkylation sites (tertiary alicyclic amines) is 1. The first-order valence-corrected chi connectivity index (χ1v) is 10.2. The molecule has 7 nitrogen and oxygen atoms in total. The van der Waals surface area contributed by atoms with Gasteiger partial charge in [0.25, 0.3) is 0 Å². The van der Waals surface area contributed by atoms with Gasteiger partial charge in [-0.2, -0.15) is 0 Å². The molecule has 0 radical (unpaired) electrons. The summed E-state index contributed by atoms with van der Waals surface area (Å²) in [5, 5.41) is 3.99. The lowest BCUT2D eigenvalue weighted by molar-refractivity contribution is 0.171. The molecular formula is C21H22N4O3S. The molecule has 150 valence electrons. The summed E-state index contributed by atoms with van der Waals surface area (Å²) in [5.41, 5.74) is 2.69. The lowest BCUT2D eigenvalue weighted by Gasteiger charge is -2.34. The smallest absolute Gasteiger partial charge is 0.326 e. The van der Waals surface area contributed by atoms with Gasteiger partial charge in [0.05, 0.1) is 11.0 Å². The van der Waals surface area contributed by atoms with Crippen molar-refractivity contribution in [3.8, 4) is 11.5 Å². The Morgan fingerprint density at radius 2 is 1.83 bits per heavy atom. The van der Waals surface area contributed by atoms with Gasteiger partial charge >= 0.3 is 5.69 Å². The maximum atomic E-state index is 12.4. The summed E-state index contributed by atoms with van der Waals surface area (Å²) in [4.78, 5) is 17.6. The molecule has 0 aliphatic carbocycles. The highest BCUT2D eigenvalue weighted by Crippen LogP contribution is 2.33. The number of H-pyrrole nitrogens is 1. The Kier molecular flexibility index (Phi) is 4.63. The van der Waals surface area contributed by atoms with Crippen LogP contribution in [0.5, 0.6) is 11.5 Å². The minimum atomic E-state index is -0.0402. The second-order valence-corrected chi connectivity index (χ2v) is 7.71. The van der Waals surface area contributed by atoms with Crippen LogP contribution in [-0.2, 0) is 0 Å². The minimum Gasteiger partial charge on any atom is -0.486 e. The SMILES string of the molecule is O=c1[nH]c2ccccc2n1C1CCN(C(=S)Nc2ccc3c(c2)OCCO3)CC1. The summed E-state index contributed by atoms with van der Waals surface area (Å²) in [5.74, 6) is 1.50. The summed E-state index contributed by atoms with van der Waals surface area (Å²) < 4.78 is 13.1. The minimum absolute atomic E-state index is 0.0402. The van der Waals surface area contributed by atoms with E-state index in [0.717, 1.165) is 54.2 Å². The molecule has 0 atom stereocenters. The summed E-state index contributed by atoms with van der Waals surface area (Å²) in [6.45, 7) is 2.73. The van der Waals surface area contributed by atoms with Gasteiger partial charge in [-0.15, -0.1) is 0 Å². The average Bonchev–Trinajstić information content (AvgIpc) is 3.09. The number of para-hydroxylation sites is 2. The van der Waals surface area contributed by atoms with E-state index in [9.17, 15) is 4.79 Å². The van der Waals surface area contributed by atoms with Crippen molar-refractivity contribution in [2.24, 2.45) is 0 Å². The third-order valence-corrected chi connectivity index (χ3v) is 5.89. The van der Waals surface area contributed by atoms with Crippen molar-refractivity contribution in [3.05, 3.63) is 52.9 Å². The van der Waals surface area contributed by atoms with Crippen LogP contribution in [0.2, 0.25) is 0 Å². The summed E-state index contributed by atoms with van der Waals surface area (Å²) in [6.07, 6.45) is 1.73. The molecule has 0 saturated carbocycles. The van der Waals surface area contributed by atoms with E-state index in [2.05, 4.69) is 15.2 Å². The van der Waals surface area contributed by atoms with Crippen molar-refractivity contribution in [2.75, 3.05) is 31.6 Å².